The average molecular weight is 357 g/mol. The molecule has 138 valence electrons. The third kappa shape index (κ3) is 3.71. The fourth-order valence-corrected chi connectivity index (χ4v) is 3.34. The summed E-state index contributed by atoms with van der Waals surface area (Å²) in [6.45, 7) is 6.32. The van der Waals surface area contributed by atoms with Crippen molar-refractivity contribution < 1.29 is 19.4 Å². The van der Waals surface area contributed by atoms with Crippen LogP contribution >= 0.6 is 0 Å². The zero-order chi connectivity index (χ0) is 18.8. The molecule has 1 aliphatic rings. The minimum atomic E-state index is -1.09. The predicted octanol–water partition coefficient (Wildman–Crippen LogP) is 2.33. The lowest BCUT2D eigenvalue weighted by Crippen LogP contribution is -2.35. The Kier molecular flexibility index (Phi) is 4.97. The third-order valence-electron chi connectivity index (χ3n) is 4.54. The quantitative estimate of drug-likeness (QED) is 0.828. The zero-order valence-corrected chi connectivity index (χ0v) is 15.2. The van der Waals surface area contributed by atoms with E-state index in [1.807, 2.05) is 26.8 Å². The van der Waals surface area contributed by atoms with Gasteiger partial charge >= 0.3 is 5.97 Å². The van der Waals surface area contributed by atoms with E-state index in [4.69, 9.17) is 4.74 Å². The molecule has 0 radical (unpaired) electrons. The maximum Gasteiger partial charge on any atom is 0.330 e. The Bertz CT molecular complexity index is 843. The summed E-state index contributed by atoms with van der Waals surface area (Å²) < 4.78 is 7.23. The van der Waals surface area contributed by atoms with Crippen LogP contribution in [0, 0.1) is 13.8 Å². The van der Waals surface area contributed by atoms with Gasteiger partial charge in [-0.1, -0.05) is 6.07 Å². The van der Waals surface area contributed by atoms with Crippen LogP contribution in [-0.4, -0.2) is 33.4 Å². The molecule has 0 bridgehead atoms. The predicted molar refractivity (Wildman–Crippen MR) is 95.2 cm³/mol. The van der Waals surface area contributed by atoms with Gasteiger partial charge in [-0.25, -0.2) is 4.79 Å². The lowest BCUT2D eigenvalue weighted by molar-refractivity contribution is -0.142. The van der Waals surface area contributed by atoms with Gasteiger partial charge < -0.3 is 15.2 Å². The van der Waals surface area contributed by atoms with Crippen LogP contribution in [0.4, 0.5) is 0 Å². The van der Waals surface area contributed by atoms with E-state index in [0.29, 0.717) is 12.2 Å². The van der Waals surface area contributed by atoms with E-state index >= 15 is 0 Å². The average Bonchev–Trinajstić information content (AvgIpc) is 3.17. The van der Waals surface area contributed by atoms with Crippen LogP contribution in [0.5, 0.6) is 5.75 Å². The van der Waals surface area contributed by atoms with E-state index in [9.17, 15) is 14.7 Å². The van der Waals surface area contributed by atoms with Crippen LogP contribution in [0.1, 0.15) is 47.9 Å². The maximum absolute atomic E-state index is 12.4. The molecule has 1 aromatic heterocycles. The van der Waals surface area contributed by atoms with E-state index in [1.54, 1.807) is 22.9 Å². The highest BCUT2D eigenvalue weighted by Crippen LogP contribution is 2.28. The van der Waals surface area contributed by atoms with Gasteiger partial charge in [-0.2, -0.15) is 5.10 Å². The number of rotatable bonds is 6. The van der Waals surface area contributed by atoms with E-state index in [2.05, 4.69) is 10.4 Å². The Morgan fingerprint density at radius 3 is 2.77 bits per heavy atom. The second kappa shape index (κ2) is 7.19. The fourth-order valence-electron chi connectivity index (χ4n) is 3.34. The molecule has 0 saturated heterocycles. The highest BCUT2D eigenvalue weighted by molar-refractivity contribution is 5.84. The van der Waals surface area contributed by atoms with Crippen molar-refractivity contribution in [3.05, 3.63) is 46.8 Å². The molecule has 0 saturated carbocycles. The van der Waals surface area contributed by atoms with E-state index in [1.165, 1.54) is 0 Å². The SMILES string of the molecule is Cc1cc(C)n(C(C)CC(=O)NC(C(=O)O)c2ccc3c(c2)CCO3)n1. The molecule has 0 aliphatic carbocycles. The number of aromatic nitrogens is 2. The minimum absolute atomic E-state index is 0.153. The number of amides is 1. The molecular formula is C19H23N3O4. The number of carbonyl (C=O) groups is 2. The first kappa shape index (κ1) is 18.0. The summed E-state index contributed by atoms with van der Waals surface area (Å²) in [6.07, 6.45) is 0.901. The molecule has 2 unspecified atom stereocenters. The summed E-state index contributed by atoms with van der Waals surface area (Å²) in [6, 6.07) is 5.95. The number of aryl methyl sites for hydroxylation is 2. The van der Waals surface area contributed by atoms with Gasteiger partial charge in [-0.15, -0.1) is 0 Å². The van der Waals surface area contributed by atoms with Crippen LogP contribution in [-0.2, 0) is 16.0 Å². The molecule has 3 rings (SSSR count). The number of nitrogens with zero attached hydrogens (tertiary/aromatic N) is 2. The van der Waals surface area contributed by atoms with E-state index in [-0.39, 0.29) is 18.4 Å². The summed E-state index contributed by atoms with van der Waals surface area (Å²) in [7, 11) is 0. The summed E-state index contributed by atoms with van der Waals surface area (Å²) in [4.78, 5) is 24.1. The monoisotopic (exact) mass is 357 g/mol. The van der Waals surface area contributed by atoms with Gasteiger partial charge in [-0.05, 0) is 50.1 Å². The molecular weight excluding hydrogens is 334 g/mol. The standard InChI is InChI=1S/C19H23N3O4/c1-11-8-12(2)22(21-11)13(3)9-17(23)20-18(19(24)25)15-4-5-16-14(10-15)6-7-26-16/h4-5,8,10,13,18H,6-7,9H2,1-3H3,(H,20,23)(H,24,25). The lowest BCUT2D eigenvalue weighted by atomic mass is 10.0. The molecule has 2 N–H and O–H groups in total. The van der Waals surface area contributed by atoms with E-state index < -0.39 is 12.0 Å². The van der Waals surface area contributed by atoms with Crippen LogP contribution in [0.15, 0.2) is 24.3 Å². The molecule has 0 fully saturated rings. The molecule has 2 heterocycles. The summed E-state index contributed by atoms with van der Waals surface area (Å²) in [5.41, 5.74) is 3.38. The Balaban J connectivity index is 1.71. The van der Waals surface area contributed by atoms with Gasteiger partial charge in [-0.3, -0.25) is 9.48 Å². The van der Waals surface area contributed by atoms with Crippen molar-refractivity contribution in [2.24, 2.45) is 0 Å². The molecule has 26 heavy (non-hydrogen) atoms. The number of nitrogens with one attached hydrogen (secondary N) is 1. The van der Waals surface area contributed by atoms with Crippen molar-refractivity contribution in [3.63, 3.8) is 0 Å². The van der Waals surface area contributed by atoms with Gasteiger partial charge in [0.05, 0.1) is 18.3 Å². The lowest BCUT2D eigenvalue weighted by Gasteiger charge is -2.18. The topological polar surface area (TPSA) is 93.5 Å². The fraction of sp³-hybridized carbons (Fsp3) is 0.421. The highest BCUT2D eigenvalue weighted by Gasteiger charge is 2.25. The van der Waals surface area contributed by atoms with E-state index in [0.717, 1.165) is 29.1 Å². The second-order valence-corrected chi connectivity index (χ2v) is 6.73. The summed E-state index contributed by atoms with van der Waals surface area (Å²) in [5, 5.41) is 16.6. The Morgan fingerprint density at radius 1 is 1.35 bits per heavy atom. The maximum atomic E-state index is 12.4. The molecule has 7 heteroatoms. The first-order valence-electron chi connectivity index (χ1n) is 8.65. The summed E-state index contributed by atoms with van der Waals surface area (Å²) in [5.74, 6) is -0.632. The van der Waals surface area contributed by atoms with Crippen LogP contribution in [0.2, 0.25) is 0 Å². The van der Waals surface area contributed by atoms with Crippen molar-refractivity contribution in [3.8, 4) is 5.75 Å². The minimum Gasteiger partial charge on any atom is -0.493 e. The van der Waals surface area contributed by atoms with Gasteiger partial charge in [0, 0.05) is 18.5 Å². The largest absolute Gasteiger partial charge is 0.493 e. The molecule has 7 nitrogen and oxygen atoms in total. The van der Waals surface area contributed by atoms with Crippen molar-refractivity contribution >= 4 is 11.9 Å². The van der Waals surface area contributed by atoms with Crippen molar-refractivity contribution in [2.45, 2.75) is 45.7 Å². The number of ether oxygens (including phenoxy) is 1. The molecule has 2 atom stereocenters. The first-order valence-corrected chi connectivity index (χ1v) is 8.65. The molecule has 1 aromatic carbocycles. The summed E-state index contributed by atoms with van der Waals surface area (Å²) >= 11 is 0. The molecule has 1 amide bonds. The Morgan fingerprint density at radius 2 is 2.12 bits per heavy atom. The van der Waals surface area contributed by atoms with Crippen LogP contribution in [0.3, 0.4) is 0 Å². The van der Waals surface area contributed by atoms with Crippen LogP contribution < -0.4 is 10.1 Å². The Labute approximate surface area is 152 Å². The number of hydrogen-bond acceptors (Lipinski definition) is 4. The van der Waals surface area contributed by atoms with Gasteiger partial charge in [0.1, 0.15) is 5.75 Å². The van der Waals surface area contributed by atoms with Gasteiger partial charge in [0.25, 0.3) is 0 Å². The Hall–Kier alpha value is -2.83. The number of fused-ring (bicyclic) bond motifs is 1. The number of carbonyl (C=O) groups excluding carboxylic acids is 1. The van der Waals surface area contributed by atoms with Gasteiger partial charge in [0.2, 0.25) is 5.91 Å². The smallest absolute Gasteiger partial charge is 0.330 e. The molecule has 2 aromatic rings. The molecule has 0 spiro atoms. The van der Waals surface area contributed by atoms with Gasteiger partial charge in [0.15, 0.2) is 6.04 Å². The highest BCUT2D eigenvalue weighted by atomic mass is 16.5. The zero-order valence-electron chi connectivity index (χ0n) is 15.2. The normalized spacial score (nSPS) is 15.0. The third-order valence-corrected chi connectivity index (χ3v) is 4.54. The first-order chi connectivity index (χ1) is 12.3. The van der Waals surface area contributed by atoms with Crippen LogP contribution in [0.25, 0.3) is 0 Å². The number of carboxylic acid groups (broad SMARTS) is 1. The van der Waals surface area contributed by atoms with Crippen molar-refractivity contribution in [1.82, 2.24) is 15.1 Å². The second-order valence-electron chi connectivity index (χ2n) is 6.73. The van der Waals surface area contributed by atoms with Crippen molar-refractivity contribution in [1.29, 1.82) is 0 Å². The number of hydrogen-bond donors (Lipinski definition) is 2. The number of carboxylic acids is 1. The van der Waals surface area contributed by atoms with Crippen molar-refractivity contribution in [2.75, 3.05) is 6.61 Å². The number of aliphatic carboxylic acids is 1. The molecule has 1 aliphatic heterocycles. The number of benzene rings is 1.